The highest BCUT2D eigenvalue weighted by molar-refractivity contribution is 9.10. The standard InChI is InChI=1S/C22H22BrN3O4S/c1-13(2)9-18(21(27)25-22(12-24)7-8-22)26-31(28,29)15-4-6-20-17(11-15)16-10-14(23)3-5-19(16)30-20/h3-6,10-11,13,18,26H,7-9H2,1-2H3,(H,25,27)/t18-/m0/s1. The Morgan fingerprint density at radius 1 is 1.19 bits per heavy atom. The van der Waals surface area contributed by atoms with Gasteiger partial charge in [0.05, 0.1) is 11.0 Å². The molecule has 1 aliphatic carbocycles. The lowest BCUT2D eigenvalue weighted by molar-refractivity contribution is -0.123. The van der Waals surface area contributed by atoms with Crippen LogP contribution in [0.2, 0.25) is 0 Å². The molecule has 9 heteroatoms. The summed E-state index contributed by atoms with van der Waals surface area (Å²) in [5.41, 5.74) is 0.372. The van der Waals surface area contributed by atoms with E-state index in [4.69, 9.17) is 4.42 Å². The van der Waals surface area contributed by atoms with Crippen molar-refractivity contribution in [2.75, 3.05) is 0 Å². The Hall–Kier alpha value is -2.41. The van der Waals surface area contributed by atoms with Gasteiger partial charge in [0.15, 0.2) is 0 Å². The molecule has 0 spiro atoms. The summed E-state index contributed by atoms with van der Waals surface area (Å²) in [7, 11) is -3.99. The number of nitrogens with one attached hydrogen (secondary N) is 2. The average Bonchev–Trinajstić information content (AvgIpc) is 3.39. The molecule has 0 bridgehead atoms. The smallest absolute Gasteiger partial charge is 0.241 e. The molecule has 2 N–H and O–H groups in total. The Balaban J connectivity index is 1.66. The van der Waals surface area contributed by atoms with Crippen LogP contribution in [0, 0.1) is 17.2 Å². The fraction of sp³-hybridized carbons (Fsp3) is 0.364. The van der Waals surface area contributed by atoms with Crippen molar-refractivity contribution < 1.29 is 17.6 Å². The Morgan fingerprint density at radius 2 is 1.84 bits per heavy atom. The number of benzene rings is 2. The van der Waals surface area contributed by atoms with Crippen molar-refractivity contribution in [1.29, 1.82) is 5.26 Å². The summed E-state index contributed by atoms with van der Waals surface area (Å²) < 4.78 is 35.5. The molecule has 1 amide bonds. The Morgan fingerprint density at radius 3 is 2.45 bits per heavy atom. The van der Waals surface area contributed by atoms with E-state index in [9.17, 15) is 18.5 Å². The molecular formula is C22H22BrN3O4S. The second kappa shape index (κ2) is 7.93. The lowest BCUT2D eigenvalue weighted by atomic mass is 10.0. The second-order valence-corrected chi connectivity index (χ2v) is 11.0. The van der Waals surface area contributed by atoms with Gasteiger partial charge < -0.3 is 9.73 Å². The molecule has 31 heavy (non-hydrogen) atoms. The number of nitrogens with zero attached hydrogens (tertiary/aromatic N) is 1. The Bertz CT molecular complexity index is 1320. The van der Waals surface area contributed by atoms with E-state index in [-0.39, 0.29) is 10.8 Å². The van der Waals surface area contributed by atoms with Gasteiger partial charge in [-0.15, -0.1) is 0 Å². The molecule has 2 aromatic carbocycles. The number of carbonyl (C=O) groups excluding carboxylic acids is 1. The van der Waals surface area contributed by atoms with Gasteiger partial charge in [-0.05, 0) is 61.6 Å². The molecule has 1 fully saturated rings. The highest BCUT2D eigenvalue weighted by atomic mass is 79.9. The van der Waals surface area contributed by atoms with E-state index < -0.39 is 27.5 Å². The zero-order valence-corrected chi connectivity index (χ0v) is 19.5. The number of carbonyl (C=O) groups is 1. The van der Waals surface area contributed by atoms with E-state index in [2.05, 4.69) is 32.0 Å². The summed E-state index contributed by atoms with van der Waals surface area (Å²) in [6, 6.07) is 11.3. The molecule has 162 valence electrons. The molecule has 0 aliphatic heterocycles. The fourth-order valence-corrected chi connectivity index (χ4v) is 5.14. The zero-order chi connectivity index (χ0) is 22.4. The molecule has 3 aromatic rings. The maximum Gasteiger partial charge on any atom is 0.241 e. The van der Waals surface area contributed by atoms with Crippen LogP contribution in [0.4, 0.5) is 0 Å². The van der Waals surface area contributed by atoms with Gasteiger partial charge in [-0.3, -0.25) is 4.79 Å². The van der Waals surface area contributed by atoms with Crippen molar-refractivity contribution in [2.45, 2.75) is 49.6 Å². The van der Waals surface area contributed by atoms with Crippen molar-refractivity contribution in [1.82, 2.24) is 10.0 Å². The van der Waals surface area contributed by atoms with Crippen LogP contribution in [0.25, 0.3) is 21.9 Å². The van der Waals surface area contributed by atoms with E-state index >= 15 is 0 Å². The first-order chi connectivity index (χ1) is 14.6. The van der Waals surface area contributed by atoms with E-state index in [1.54, 1.807) is 12.1 Å². The third kappa shape index (κ3) is 4.47. The molecular weight excluding hydrogens is 482 g/mol. The summed E-state index contributed by atoms with van der Waals surface area (Å²) in [6.45, 7) is 3.82. The SMILES string of the molecule is CC(C)C[C@H](NS(=O)(=O)c1ccc2oc3ccc(Br)cc3c2c1)C(=O)NC1(C#N)CC1. The van der Waals surface area contributed by atoms with Gasteiger partial charge >= 0.3 is 0 Å². The van der Waals surface area contributed by atoms with Gasteiger partial charge in [-0.2, -0.15) is 9.98 Å². The number of furan rings is 1. The molecule has 0 radical (unpaired) electrons. The second-order valence-electron chi connectivity index (χ2n) is 8.39. The van der Waals surface area contributed by atoms with Gasteiger partial charge in [0.25, 0.3) is 0 Å². The third-order valence-electron chi connectivity index (χ3n) is 5.36. The van der Waals surface area contributed by atoms with Crippen molar-refractivity contribution in [3.05, 3.63) is 40.9 Å². The predicted octanol–water partition coefficient (Wildman–Crippen LogP) is 4.21. The summed E-state index contributed by atoms with van der Waals surface area (Å²) >= 11 is 3.43. The minimum atomic E-state index is -3.99. The molecule has 0 unspecified atom stereocenters. The van der Waals surface area contributed by atoms with E-state index in [1.165, 1.54) is 6.07 Å². The third-order valence-corrected chi connectivity index (χ3v) is 7.32. The number of rotatable bonds is 7. The Kier molecular flexibility index (Phi) is 5.58. The van der Waals surface area contributed by atoms with E-state index in [0.717, 1.165) is 9.86 Å². The maximum absolute atomic E-state index is 13.2. The van der Waals surface area contributed by atoms with Crippen LogP contribution in [0.3, 0.4) is 0 Å². The lowest BCUT2D eigenvalue weighted by Gasteiger charge is -2.21. The maximum atomic E-state index is 13.2. The average molecular weight is 504 g/mol. The monoisotopic (exact) mass is 503 g/mol. The number of fused-ring (bicyclic) bond motifs is 3. The molecule has 7 nitrogen and oxygen atoms in total. The predicted molar refractivity (Wildman–Crippen MR) is 121 cm³/mol. The molecule has 1 saturated carbocycles. The van der Waals surface area contributed by atoms with Crippen LogP contribution in [-0.2, 0) is 14.8 Å². The number of hydrogen-bond donors (Lipinski definition) is 2. The first-order valence-corrected chi connectivity index (χ1v) is 12.3. The van der Waals surface area contributed by atoms with Crippen LogP contribution in [0.15, 0.2) is 50.2 Å². The van der Waals surface area contributed by atoms with Crippen molar-refractivity contribution >= 4 is 53.8 Å². The van der Waals surface area contributed by atoms with Gasteiger partial charge in [0.2, 0.25) is 15.9 Å². The van der Waals surface area contributed by atoms with Gasteiger partial charge in [0.1, 0.15) is 22.7 Å². The van der Waals surface area contributed by atoms with Crippen LogP contribution in [0.1, 0.15) is 33.1 Å². The van der Waals surface area contributed by atoms with Crippen LogP contribution in [-0.4, -0.2) is 25.9 Å². The first-order valence-electron chi connectivity index (χ1n) is 10.00. The van der Waals surface area contributed by atoms with Gasteiger partial charge in [0, 0.05) is 15.2 Å². The largest absolute Gasteiger partial charge is 0.456 e. The molecule has 0 saturated heterocycles. The van der Waals surface area contributed by atoms with Crippen LogP contribution in [0.5, 0.6) is 0 Å². The Labute approximate surface area is 189 Å². The number of hydrogen-bond acceptors (Lipinski definition) is 5. The minimum absolute atomic E-state index is 0.0469. The topological polar surface area (TPSA) is 112 Å². The van der Waals surface area contributed by atoms with Gasteiger partial charge in [-0.25, -0.2) is 8.42 Å². The highest BCUT2D eigenvalue weighted by Crippen LogP contribution is 2.35. The quantitative estimate of drug-likeness (QED) is 0.501. The number of halogens is 1. The first kappa shape index (κ1) is 21.8. The molecule has 1 atom stereocenters. The fourth-order valence-electron chi connectivity index (χ4n) is 3.54. The zero-order valence-electron chi connectivity index (χ0n) is 17.1. The van der Waals surface area contributed by atoms with Crippen molar-refractivity contribution in [2.24, 2.45) is 5.92 Å². The molecule has 4 rings (SSSR count). The molecule has 1 heterocycles. The highest BCUT2D eigenvalue weighted by Gasteiger charge is 2.46. The summed E-state index contributed by atoms with van der Waals surface area (Å²) in [5, 5.41) is 13.4. The number of nitriles is 1. The van der Waals surface area contributed by atoms with E-state index in [0.29, 0.717) is 35.8 Å². The van der Waals surface area contributed by atoms with Crippen molar-refractivity contribution in [3.63, 3.8) is 0 Å². The summed E-state index contributed by atoms with van der Waals surface area (Å²) in [5.74, 6) is -0.400. The van der Waals surface area contributed by atoms with E-state index in [1.807, 2.05) is 32.0 Å². The lowest BCUT2D eigenvalue weighted by Crippen LogP contribution is -2.50. The summed E-state index contributed by atoms with van der Waals surface area (Å²) in [6.07, 6.45) is 1.47. The number of amides is 1. The number of sulfonamides is 1. The summed E-state index contributed by atoms with van der Waals surface area (Å²) in [4.78, 5) is 12.8. The molecule has 1 aliphatic rings. The van der Waals surface area contributed by atoms with Crippen molar-refractivity contribution in [3.8, 4) is 6.07 Å². The van der Waals surface area contributed by atoms with Gasteiger partial charge in [-0.1, -0.05) is 29.8 Å². The molecule has 1 aromatic heterocycles. The van der Waals surface area contributed by atoms with Crippen LogP contribution >= 0.6 is 15.9 Å². The van der Waals surface area contributed by atoms with Crippen LogP contribution < -0.4 is 10.0 Å². The minimum Gasteiger partial charge on any atom is -0.456 e. The normalized spacial score (nSPS) is 16.4.